The molecule has 1 aromatic rings. The lowest BCUT2D eigenvalue weighted by atomic mass is 9.86. The molecule has 0 aliphatic rings. The van der Waals surface area contributed by atoms with Crippen LogP contribution in [0.2, 0.25) is 10.0 Å². The number of rotatable bonds is 12. The molecule has 0 aliphatic carbocycles. The van der Waals surface area contributed by atoms with Gasteiger partial charge in [-0.25, -0.2) is 0 Å². The van der Waals surface area contributed by atoms with E-state index in [9.17, 15) is 0 Å². The third kappa shape index (κ3) is 8.45. The van der Waals surface area contributed by atoms with Gasteiger partial charge in [-0.05, 0) is 29.9 Å². The molecule has 0 aromatic heterocycles. The molecule has 1 atom stereocenters. The number of unbranched alkanes of at least 4 members (excludes halogenated alkanes) is 7. The van der Waals surface area contributed by atoms with Crippen LogP contribution in [0.25, 0.3) is 0 Å². The fourth-order valence-electron chi connectivity index (χ4n) is 2.99. The minimum atomic E-state index is 0.658. The van der Waals surface area contributed by atoms with Crippen LogP contribution in [-0.4, -0.2) is 0 Å². The van der Waals surface area contributed by atoms with Gasteiger partial charge < -0.3 is 0 Å². The molecule has 23 heavy (non-hydrogen) atoms. The summed E-state index contributed by atoms with van der Waals surface area (Å²) in [4.78, 5) is 0. The Labute approximate surface area is 154 Å². The minimum Gasteiger partial charge on any atom is -0.0827 e. The maximum absolute atomic E-state index is 6.29. The van der Waals surface area contributed by atoms with Gasteiger partial charge in [-0.15, -0.1) is 0 Å². The largest absolute Gasteiger partial charge is 0.0827 e. The van der Waals surface area contributed by atoms with Crippen LogP contribution in [0.5, 0.6) is 0 Å². The van der Waals surface area contributed by atoms with Gasteiger partial charge in [0.1, 0.15) is 0 Å². The van der Waals surface area contributed by atoms with Gasteiger partial charge in [0.15, 0.2) is 0 Å². The van der Waals surface area contributed by atoms with Crippen molar-refractivity contribution in [2.24, 2.45) is 5.92 Å². The smallest absolute Gasteiger partial charge is 0.0624 e. The quantitative estimate of drug-likeness (QED) is 0.330. The van der Waals surface area contributed by atoms with Crippen molar-refractivity contribution in [3.05, 3.63) is 39.7 Å². The molecule has 0 heterocycles. The van der Waals surface area contributed by atoms with Gasteiger partial charge in [-0.1, -0.05) is 114 Å². The van der Waals surface area contributed by atoms with Gasteiger partial charge in [0, 0.05) is 0 Å². The highest BCUT2D eigenvalue weighted by Crippen LogP contribution is 2.31. The van der Waals surface area contributed by atoms with Crippen LogP contribution in [0.4, 0.5) is 0 Å². The normalized spacial score (nSPS) is 12.8. The summed E-state index contributed by atoms with van der Waals surface area (Å²) >= 11 is 12.4. The van der Waals surface area contributed by atoms with E-state index in [1.165, 1.54) is 63.7 Å². The molecule has 1 aromatic carbocycles. The molecule has 0 saturated carbocycles. The summed E-state index contributed by atoms with van der Waals surface area (Å²) in [7, 11) is 0. The SMILES string of the molecule is CCCCCCCCCCC(C)[C](C)Cc1cccc(Cl)c1Cl. The maximum Gasteiger partial charge on any atom is 0.0624 e. The Bertz CT molecular complexity index is 428. The number of halogens is 2. The lowest BCUT2D eigenvalue weighted by Gasteiger charge is -2.20. The van der Waals surface area contributed by atoms with Gasteiger partial charge in [0.25, 0.3) is 0 Å². The summed E-state index contributed by atoms with van der Waals surface area (Å²) < 4.78 is 0. The van der Waals surface area contributed by atoms with E-state index in [1.54, 1.807) is 0 Å². The minimum absolute atomic E-state index is 0.658. The second-order valence-electron chi connectivity index (χ2n) is 6.90. The van der Waals surface area contributed by atoms with Crippen LogP contribution in [0, 0.1) is 11.8 Å². The summed E-state index contributed by atoms with van der Waals surface area (Å²) in [6, 6.07) is 5.92. The molecule has 0 aliphatic heterocycles. The lowest BCUT2D eigenvalue weighted by Crippen LogP contribution is -2.09. The van der Waals surface area contributed by atoms with Crippen molar-refractivity contribution in [1.29, 1.82) is 0 Å². The molecular weight excluding hydrogens is 323 g/mol. The molecule has 0 spiro atoms. The van der Waals surface area contributed by atoms with Gasteiger partial charge in [0.05, 0.1) is 10.0 Å². The summed E-state index contributed by atoms with van der Waals surface area (Å²) in [5.41, 5.74) is 1.15. The fraction of sp³-hybridized carbons (Fsp3) is 0.667. The zero-order chi connectivity index (χ0) is 17.1. The molecule has 0 fully saturated rings. The van der Waals surface area contributed by atoms with Crippen LogP contribution in [0.1, 0.15) is 84.1 Å². The van der Waals surface area contributed by atoms with Crippen molar-refractivity contribution in [3.8, 4) is 0 Å². The third-order valence-corrected chi connectivity index (χ3v) is 5.69. The van der Waals surface area contributed by atoms with Crippen molar-refractivity contribution >= 4 is 23.2 Å². The highest BCUT2D eigenvalue weighted by Gasteiger charge is 2.15. The van der Waals surface area contributed by atoms with E-state index < -0.39 is 0 Å². The first kappa shape index (κ1) is 20.8. The van der Waals surface area contributed by atoms with E-state index in [0.717, 1.165) is 12.0 Å². The average molecular weight is 356 g/mol. The Kier molecular flexibility index (Phi) is 11.1. The Morgan fingerprint density at radius 1 is 0.957 bits per heavy atom. The van der Waals surface area contributed by atoms with E-state index in [2.05, 4.69) is 26.8 Å². The average Bonchev–Trinajstić information content (AvgIpc) is 2.54. The Hall–Kier alpha value is -0.200. The first-order valence-electron chi connectivity index (χ1n) is 9.31. The van der Waals surface area contributed by atoms with Crippen molar-refractivity contribution < 1.29 is 0 Å². The molecule has 1 rings (SSSR count). The monoisotopic (exact) mass is 355 g/mol. The topological polar surface area (TPSA) is 0 Å². The Morgan fingerprint density at radius 3 is 2.22 bits per heavy atom. The van der Waals surface area contributed by atoms with Crippen molar-refractivity contribution in [2.75, 3.05) is 0 Å². The summed E-state index contributed by atoms with van der Waals surface area (Å²) in [6.45, 7) is 6.87. The molecule has 0 N–H and O–H groups in total. The molecule has 1 radical (unpaired) electrons. The molecular formula is C21H33Cl2. The lowest BCUT2D eigenvalue weighted by molar-refractivity contribution is 0.482. The van der Waals surface area contributed by atoms with Crippen LogP contribution in [-0.2, 0) is 6.42 Å². The van der Waals surface area contributed by atoms with E-state index in [1.807, 2.05) is 12.1 Å². The molecule has 0 nitrogen and oxygen atoms in total. The fourth-order valence-corrected chi connectivity index (χ4v) is 3.38. The van der Waals surface area contributed by atoms with Gasteiger partial charge in [-0.3, -0.25) is 0 Å². The second-order valence-corrected chi connectivity index (χ2v) is 7.69. The van der Waals surface area contributed by atoms with Crippen LogP contribution >= 0.6 is 23.2 Å². The van der Waals surface area contributed by atoms with Crippen molar-refractivity contribution in [3.63, 3.8) is 0 Å². The van der Waals surface area contributed by atoms with E-state index in [-0.39, 0.29) is 0 Å². The molecule has 0 bridgehead atoms. The first-order valence-corrected chi connectivity index (χ1v) is 10.1. The highest BCUT2D eigenvalue weighted by atomic mass is 35.5. The Morgan fingerprint density at radius 2 is 1.57 bits per heavy atom. The van der Waals surface area contributed by atoms with Crippen molar-refractivity contribution in [1.82, 2.24) is 0 Å². The van der Waals surface area contributed by atoms with Crippen LogP contribution in [0.3, 0.4) is 0 Å². The standard InChI is InChI=1S/C21H33Cl2/c1-4-5-6-7-8-9-10-11-13-17(2)18(3)16-19-14-12-15-20(22)21(19)23/h12,14-15,17H,4-11,13,16H2,1-3H3. The zero-order valence-electron chi connectivity index (χ0n) is 15.1. The summed E-state index contributed by atoms with van der Waals surface area (Å²) in [5, 5.41) is 1.38. The van der Waals surface area contributed by atoms with E-state index in [0.29, 0.717) is 16.0 Å². The number of hydrogen-bond donors (Lipinski definition) is 0. The molecule has 0 amide bonds. The predicted octanol–water partition coefficient (Wildman–Crippen LogP) is 8.30. The Balaban J connectivity index is 2.19. The van der Waals surface area contributed by atoms with E-state index >= 15 is 0 Å². The van der Waals surface area contributed by atoms with E-state index in [4.69, 9.17) is 23.2 Å². The highest BCUT2D eigenvalue weighted by molar-refractivity contribution is 6.42. The first-order chi connectivity index (χ1) is 11.1. The second kappa shape index (κ2) is 12.2. The van der Waals surface area contributed by atoms with Gasteiger partial charge in [0.2, 0.25) is 0 Å². The maximum atomic E-state index is 6.29. The third-order valence-electron chi connectivity index (χ3n) is 4.83. The summed E-state index contributed by atoms with van der Waals surface area (Å²) in [5.74, 6) is 2.17. The molecule has 2 heteroatoms. The van der Waals surface area contributed by atoms with Crippen LogP contribution < -0.4 is 0 Å². The molecule has 0 saturated heterocycles. The predicted molar refractivity (Wildman–Crippen MR) is 105 cm³/mol. The van der Waals surface area contributed by atoms with Gasteiger partial charge >= 0.3 is 0 Å². The van der Waals surface area contributed by atoms with Gasteiger partial charge in [-0.2, -0.15) is 0 Å². The van der Waals surface area contributed by atoms with Crippen molar-refractivity contribution in [2.45, 2.75) is 85.0 Å². The summed E-state index contributed by atoms with van der Waals surface area (Å²) in [6.07, 6.45) is 13.3. The zero-order valence-corrected chi connectivity index (χ0v) is 16.6. The molecule has 1 unspecified atom stereocenters. The molecule has 131 valence electrons. The number of benzene rings is 1. The van der Waals surface area contributed by atoms with Crippen LogP contribution in [0.15, 0.2) is 18.2 Å². The number of hydrogen-bond acceptors (Lipinski definition) is 0.